The molecule has 1 unspecified atom stereocenters. The number of carbonyl (C=O) groups is 1. The molecular weight excluding hydrogens is 232 g/mol. The number of ether oxygens (including phenoxy) is 1. The van der Waals surface area contributed by atoms with Crippen molar-refractivity contribution in [2.45, 2.75) is 31.8 Å². The summed E-state index contributed by atoms with van der Waals surface area (Å²) in [4.78, 5) is 10.3. The fourth-order valence-corrected chi connectivity index (χ4v) is 2.99. The van der Waals surface area contributed by atoms with Crippen LogP contribution >= 0.6 is 11.8 Å². The van der Waals surface area contributed by atoms with Crippen LogP contribution in [0.2, 0.25) is 0 Å². The Morgan fingerprint density at radius 3 is 2.82 bits per heavy atom. The lowest BCUT2D eigenvalue weighted by atomic mass is 10.1. The molecule has 0 radical (unpaired) electrons. The molecule has 1 fully saturated rings. The first kappa shape index (κ1) is 12.5. The van der Waals surface area contributed by atoms with E-state index in [1.165, 1.54) is 24.2 Å². The van der Waals surface area contributed by atoms with Gasteiger partial charge in [0, 0.05) is 12.2 Å². The van der Waals surface area contributed by atoms with E-state index in [4.69, 9.17) is 4.74 Å². The monoisotopic (exact) mass is 250 g/mol. The third-order valence-electron chi connectivity index (χ3n) is 2.90. The number of carbonyl (C=O) groups excluding carboxylic acids is 1. The van der Waals surface area contributed by atoms with Crippen molar-refractivity contribution in [3.63, 3.8) is 0 Å². The molecule has 1 aliphatic heterocycles. The van der Waals surface area contributed by atoms with Gasteiger partial charge in [-0.15, -0.1) is 0 Å². The molecule has 1 aliphatic rings. The van der Waals surface area contributed by atoms with Crippen molar-refractivity contribution in [3.8, 4) is 5.75 Å². The zero-order valence-electron chi connectivity index (χ0n) is 9.93. The van der Waals surface area contributed by atoms with Gasteiger partial charge >= 0.3 is 0 Å². The summed E-state index contributed by atoms with van der Waals surface area (Å²) < 4.78 is 5.92. The first-order valence-corrected chi connectivity index (χ1v) is 7.31. The van der Waals surface area contributed by atoms with Gasteiger partial charge in [-0.3, -0.25) is 0 Å². The summed E-state index contributed by atoms with van der Waals surface area (Å²) in [6.07, 6.45) is 5.17. The van der Waals surface area contributed by atoms with Gasteiger partial charge in [0.15, 0.2) is 0 Å². The molecule has 1 heterocycles. The van der Waals surface area contributed by atoms with Crippen molar-refractivity contribution in [2.75, 3.05) is 11.5 Å². The summed E-state index contributed by atoms with van der Waals surface area (Å²) in [5, 5.41) is 0. The molecule has 3 heteroatoms. The molecule has 1 saturated heterocycles. The van der Waals surface area contributed by atoms with Crippen molar-refractivity contribution in [1.29, 1.82) is 0 Å². The summed E-state index contributed by atoms with van der Waals surface area (Å²) in [6.45, 7) is 0. The van der Waals surface area contributed by atoms with Crippen molar-refractivity contribution in [1.82, 2.24) is 0 Å². The van der Waals surface area contributed by atoms with E-state index in [2.05, 4.69) is 12.1 Å². The molecule has 0 saturated carbocycles. The van der Waals surface area contributed by atoms with E-state index in [0.717, 1.165) is 24.2 Å². The minimum absolute atomic E-state index is 0.370. The summed E-state index contributed by atoms with van der Waals surface area (Å²) in [5.74, 6) is 3.32. The number of hydrogen-bond donors (Lipinski definition) is 0. The van der Waals surface area contributed by atoms with Crippen LogP contribution in [0.1, 0.15) is 24.8 Å². The van der Waals surface area contributed by atoms with E-state index in [9.17, 15) is 4.79 Å². The highest BCUT2D eigenvalue weighted by Crippen LogP contribution is 2.22. The second kappa shape index (κ2) is 6.70. The van der Waals surface area contributed by atoms with Crippen LogP contribution in [-0.4, -0.2) is 23.9 Å². The van der Waals surface area contributed by atoms with Crippen LogP contribution in [0.4, 0.5) is 0 Å². The van der Waals surface area contributed by atoms with Gasteiger partial charge in [0.1, 0.15) is 18.1 Å². The standard InChI is InChI=1S/C14H18O2S/c15-9-1-3-12-5-7-13(8-6-12)16-14-4-2-10-17-11-14/h5-9,14H,1-4,10-11H2. The maximum Gasteiger partial charge on any atom is 0.120 e. The molecule has 1 aromatic rings. The summed E-state index contributed by atoms with van der Waals surface area (Å²) in [7, 11) is 0. The molecule has 0 aliphatic carbocycles. The summed E-state index contributed by atoms with van der Waals surface area (Å²) in [6, 6.07) is 8.13. The van der Waals surface area contributed by atoms with Crippen LogP contribution in [0.15, 0.2) is 24.3 Å². The van der Waals surface area contributed by atoms with Gasteiger partial charge in [-0.05, 0) is 42.7 Å². The number of rotatable bonds is 5. The molecule has 0 bridgehead atoms. The van der Waals surface area contributed by atoms with Gasteiger partial charge in [-0.1, -0.05) is 12.1 Å². The van der Waals surface area contributed by atoms with Gasteiger partial charge in [0.2, 0.25) is 0 Å². The zero-order chi connectivity index (χ0) is 11.9. The SMILES string of the molecule is O=CCCc1ccc(OC2CCCSC2)cc1. The fourth-order valence-electron chi connectivity index (χ4n) is 1.96. The molecule has 2 rings (SSSR count). The quantitative estimate of drug-likeness (QED) is 0.751. The van der Waals surface area contributed by atoms with E-state index in [-0.39, 0.29) is 0 Å². The Bertz CT molecular complexity index is 342. The number of aldehydes is 1. The maximum atomic E-state index is 10.3. The van der Waals surface area contributed by atoms with E-state index in [1.54, 1.807) is 0 Å². The minimum Gasteiger partial charge on any atom is -0.490 e. The molecular formula is C14H18O2S. The molecule has 1 atom stereocenters. The van der Waals surface area contributed by atoms with Gasteiger partial charge < -0.3 is 9.53 Å². The number of benzene rings is 1. The van der Waals surface area contributed by atoms with Crippen molar-refractivity contribution in [2.24, 2.45) is 0 Å². The molecule has 92 valence electrons. The number of hydrogen-bond acceptors (Lipinski definition) is 3. The molecule has 0 aromatic heterocycles. The van der Waals surface area contributed by atoms with E-state index < -0.39 is 0 Å². The zero-order valence-corrected chi connectivity index (χ0v) is 10.7. The number of aryl methyl sites for hydroxylation is 1. The van der Waals surface area contributed by atoms with Gasteiger partial charge in [0.25, 0.3) is 0 Å². The lowest BCUT2D eigenvalue weighted by Crippen LogP contribution is -2.23. The molecule has 0 amide bonds. The largest absolute Gasteiger partial charge is 0.490 e. The predicted octanol–water partition coefficient (Wildman–Crippen LogP) is 3.09. The second-order valence-corrected chi connectivity index (χ2v) is 5.46. The molecule has 17 heavy (non-hydrogen) atoms. The predicted molar refractivity (Wildman–Crippen MR) is 71.8 cm³/mol. The second-order valence-electron chi connectivity index (χ2n) is 4.31. The Hall–Kier alpha value is -0.960. The average molecular weight is 250 g/mol. The van der Waals surface area contributed by atoms with Crippen LogP contribution in [0, 0.1) is 0 Å². The topological polar surface area (TPSA) is 26.3 Å². The Morgan fingerprint density at radius 1 is 1.35 bits per heavy atom. The third-order valence-corrected chi connectivity index (χ3v) is 4.08. The maximum absolute atomic E-state index is 10.3. The van der Waals surface area contributed by atoms with E-state index >= 15 is 0 Å². The van der Waals surface area contributed by atoms with Crippen molar-refractivity contribution < 1.29 is 9.53 Å². The number of thioether (sulfide) groups is 1. The minimum atomic E-state index is 0.370. The molecule has 0 spiro atoms. The highest BCUT2D eigenvalue weighted by Gasteiger charge is 2.14. The Labute approximate surface area is 107 Å². The Morgan fingerprint density at radius 2 is 2.18 bits per heavy atom. The first-order chi connectivity index (χ1) is 8.38. The highest BCUT2D eigenvalue weighted by molar-refractivity contribution is 7.99. The lowest BCUT2D eigenvalue weighted by Gasteiger charge is -2.22. The average Bonchev–Trinajstić information content (AvgIpc) is 2.39. The van der Waals surface area contributed by atoms with Crippen LogP contribution in [0.3, 0.4) is 0 Å². The Kier molecular flexibility index (Phi) is 4.92. The van der Waals surface area contributed by atoms with E-state index in [0.29, 0.717) is 12.5 Å². The highest BCUT2D eigenvalue weighted by atomic mass is 32.2. The molecule has 0 N–H and O–H groups in total. The van der Waals surface area contributed by atoms with E-state index in [1.807, 2.05) is 23.9 Å². The summed E-state index contributed by atoms with van der Waals surface area (Å²) in [5.41, 5.74) is 1.20. The van der Waals surface area contributed by atoms with Crippen LogP contribution < -0.4 is 4.74 Å². The van der Waals surface area contributed by atoms with Crippen LogP contribution in [0.25, 0.3) is 0 Å². The molecule has 2 nitrogen and oxygen atoms in total. The first-order valence-electron chi connectivity index (χ1n) is 6.15. The van der Waals surface area contributed by atoms with Crippen molar-refractivity contribution in [3.05, 3.63) is 29.8 Å². The van der Waals surface area contributed by atoms with Crippen molar-refractivity contribution >= 4 is 18.0 Å². The van der Waals surface area contributed by atoms with Gasteiger partial charge in [0.05, 0.1) is 0 Å². The Balaban J connectivity index is 1.86. The van der Waals surface area contributed by atoms with Gasteiger partial charge in [-0.2, -0.15) is 11.8 Å². The van der Waals surface area contributed by atoms with Crippen LogP contribution in [0.5, 0.6) is 5.75 Å². The van der Waals surface area contributed by atoms with Crippen LogP contribution in [-0.2, 0) is 11.2 Å². The molecule has 1 aromatic carbocycles. The van der Waals surface area contributed by atoms with Gasteiger partial charge in [-0.25, -0.2) is 0 Å². The summed E-state index contributed by atoms with van der Waals surface area (Å²) >= 11 is 1.97. The smallest absolute Gasteiger partial charge is 0.120 e. The fraction of sp³-hybridized carbons (Fsp3) is 0.500. The third kappa shape index (κ3) is 4.08. The lowest BCUT2D eigenvalue weighted by molar-refractivity contribution is -0.107. The normalized spacial score (nSPS) is 19.9.